The molecule has 0 aliphatic heterocycles. The summed E-state index contributed by atoms with van der Waals surface area (Å²) >= 11 is 0. The van der Waals surface area contributed by atoms with Crippen LogP contribution in [0.1, 0.15) is 41.7 Å². The number of aryl methyl sites for hydroxylation is 3. The van der Waals surface area contributed by atoms with Gasteiger partial charge in [-0.3, -0.25) is 0 Å². The summed E-state index contributed by atoms with van der Waals surface area (Å²) in [5.74, 6) is 0. The summed E-state index contributed by atoms with van der Waals surface area (Å²) in [6, 6.07) is 83.2. The molecule has 0 N–H and O–H groups in total. The lowest BCUT2D eigenvalue weighted by molar-refractivity contribution is 0.660. The summed E-state index contributed by atoms with van der Waals surface area (Å²) in [5.41, 5.74) is 25.9. The van der Waals surface area contributed by atoms with Gasteiger partial charge in [0.1, 0.15) is 0 Å². The van der Waals surface area contributed by atoms with Gasteiger partial charge in [-0.2, -0.15) is 0 Å². The third kappa shape index (κ3) is 7.12. The van der Waals surface area contributed by atoms with E-state index in [0.717, 1.165) is 22.7 Å². The fourth-order valence-corrected chi connectivity index (χ4v) is 10.6. The number of benzene rings is 10. The smallest absolute Gasteiger partial charge is 0.0547 e. The molecular weight excluding hydrogens is 821 g/mol. The molecule has 0 amide bonds. The Hall–Kier alpha value is -8.20. The van der Waals surface area contributed by atoms with Crippen molar-refractivity contribution in [3.63, 3.8) is 0 Å². The van der Waals surface area contributed by atoms with Gasteiger partial charge in [-0.1, -0.05) is 188 Å². The molecule has 0 saturated heterocycles. The van der Waals surface area contributed by atoms with Crippen LogP contribution in [-0.2, 0) is 5.41 Å². The molecule has 0 bridgehead atoms. The normalized spacial score (nSPS) is 12.6. The van der Waals surface area contributed by atoms with E-state index in [1.54, 1.807) is 0 Å². The topological polar surface area (TPSA) is 8.17 Å². The zero-order valence-electron chi connectivity index (χ0n) is 39.3. The Bertz CT molecular complexity index is 3670. The van der Waals surface area contributed by atoms with E-state index in [0.29, 0.717) is 0 Å². The summed E-state index contributed by atoms with van der Waals surface area (Å²) in [6.45, 7) is 11.2. The second-order valence-electron chi connectivity index (χ2n) is 19.3. The third-order valence-corrected chi connectivity index (χ3v) is 14.4. The molecule has 1 aromatic heterocycles. The zero-order chi connectivity index (χ0) is 46.1. The van der Waals surface area contributed by atoms with Crippen LogP contribution in [-0.4, -0.2) is 4.57 Å². The predicted molar refractivity (Wildman–Crippen MR) is 289 cm³/mol. The molecular formula is C66H52N2. The van der Waals surface area contributed by atoms with Gasteiger partial charge in [-0.15, -0.1) is 0 Å². The Labute approximate surface area is 400 Å². The number of aromatic nitrogens is 1. The lowest BCUT2D eigenvalue weighted by Crippen LogP contribution is -2.15. The maximum Gasteiger partial charge on any atom is 0.0547 e. The molecule has 68 heavy (non-hydrogen) atoms. The highest BCUT2D eigenvalue weighted by atomic mass is 15.1. The van der Waals surface area contributed by atoms with Gasteiger partial charge in [0.25, 0.3) is 0 Å². The Morgan fingerprint density at radius 2 is 0.706 bits per heavy atom. The Kier molecular flexibility index (Phi) is 9.88. The molecule has 10 aromatic carbocycles. The van der Waals surface area contributed by atoms with Crippen molar-refractivity contribution in [2.75, 3.05) is 4.90 Å². The van der Waals surface area contributed by atoms with E-state index >= 15 is 0 Å². The van der Waals surface area contributed by atoms with Crippen molar-refractivity contribution in [2.24, 2.45) is 0 Å². The Morgan fingerprint density at radius 1 is 0.324 bits per heavy atom. The van der Waals surface area contributed by atoms with Gasteiger partial charge < -0.3 is 9.47 Å². The standard InChI is InChI=1S/C66H52N2/c1-43-10-15-46(16-11-43)47-17-19-48(20-18-47)49-21-35-57(36-22-49)68-64-9-7-6-8-60(64)61-39-28-53(42-65(61)68)51-25-33-56(34-26-51)67(54-29-12-44(2)13-30-54)55-31-23-50(24-32-55)52-27-38-59-58-37-14-45(3)40-62(58)66(4,5)63(59)41-52/h6-42H,1-5H3. The number of para-hydroxylation sites is 1. The predicted octanol–water partition coefficient (Wildman–Crippen LogP) is 18.2. The lowest BCUT2D eigenvalue weighted by Gasteiger charge is -2.26. The van der Waals surface area contributed by atoms with Crippen LogP contribution in [0, 0.1) is 20.8 Å². The van der Waals surface area contributed by atoms with E-state index in [2.05, 4.69) is 269 Å². The summed E-state index contributed by atoms with van der Waals surface area (Å²) in [5, 5.41) is 2.50. The van der Waals surface area contributed by atoms with Crippen LogP contribution in [0.5, 0.6) is 0 Å². The van der Waals surface area contributed by atoms with E-state index in [9.17, 15) is 0 Å². The fourth-order valence-electron chi connectivity index (χ4n) is 10.6. The van der Waals surface area contributed by atoms with Gasteiger partial charge in [0, 0.05) is 38.9 Å². The van der Waals surface area contributed by atoms with Crippen LogP contribution < -0.4 is 4.90 Å². The Morgan fingerprint density at radius 3 is 1.29 bits per heavy atom. The Balaban J connectivity index is 0.854. The number of hydrogen-bond donors (Lipinski definition) is 0. The number of rotatable bonds is 8. The average Bonchev–Trinajstić information content (AvgIpc) is 3.82. The van der Waals surface area contributed by atoms with Crippen LogP contribution in [0.3, 0.4) is 0 Å². The summed E-state index contributed by atoms with van der Waals surface area (Å²) < 4.78 is 2.42. The highest BCUT2D eigenvalue weighted by molar-refractivity contribution is 6.10. The molecule has 326 valence electrons. The number of anilines is 3. The summed E-state index contributed by atoms with van der Waals surface area (Å²) in [4.78, 5) is 2.36. The van der Waals surface area contributed by atoms with Crippen molar-refractivity contribution in [3.05, 3.63) is 252 Å². The first kappa shape index (κ1) is 41.2. The van der Waals surface area contributed by atoms with Crippen LogP contribution in [0.2, 0.25) is 0 Å². The molecule has 0 atom stereocenters. The SMILES string of the molecule is Cc1ccc(-c2ccc(-c3ccc(-n4c5ccccc5c5ccc(-c6ccc(N(c7ccc(C)cc7)c7ccc(-c8ccc9c(c8)C(C)(C)c8cc(C)ccc8-9)cc7)cc6)cc54)cc3)cc2)cc1. The maximum atomic E-state index is 2.42. The molecule has 11 aromatic rings. The van der Waals surface area contributed by atoms with Gasteiger partial charge in [0.15, 0.2) is 0 Å². The second kappa shape index (κ2) is 16.3. The molecule has 0 saturated carbocycles. The molecule has 1 aliphatic rings. The largest absolute Gasteiger partial charge is 0.311 e. The number of fused-ring (bicyclic) bond motifs is 6. The minimum atomic E-state index is -0.0467. The molecule has 2 heteroatoms. The monoisotopic (exact) mass is 872 g/mol. The summed E-state index contributed by atoms with van der Waals surface area (Å²) in [6.07, 6.45) is 0. The minimum absolute atomic E-state index is 0.0467. The molecule has 12 rings (SSSR count). The van der Waals surface area contributed by atoms with Gasteiger partial charge in [0.05, 0.1) is 11.0 Å². The molecule has 0 spiro atoms. The van der Waals surface area contributed by atoms with Crippen molar-refractivity contribution in [1.82, 2.24) is 4.57 Å². The van der Waals surface area contributed by atoms with Crippen LogP contribution in [0.15, 0.2) is 224 Å². The van der Waals surface area contributed by atoms with E-state index in [-0.39, 0.29) is 5.41 Å². The van der Waals surface area contributed by atoms with E-state index in [1.165, 1.54) is 105 Å². The minimum Gasteiger partial charge on any atom is -0.311 e. The van der Waals surface area contributed by atoms with Gasteiger partial charge in [0.2, 0.25) is 0 Å². The fraction of sp³-hybridized carbons (Fsp3) is 0.0909. The van der Waals surface area contributed by atoms with Crippen LogP contribution >= 0.6 is 0 Å². The van der Waals surface area contributed by atoms with Gasteiger partial charge >= 0.3 is 0 Å². The molecule has 0 radical (unpaired) electrons. The molecule has 2 nitrogen and oxygen atoms in total. The first-order valence-corrected chi connectivity index (χ1v) is 23.8. The van der Waals surface area contributed by atoms with Crippen molar-refractivity contribution in [2.45, 2.75) is 40.0 Å². The molecule has 0 unspecified atom stereocenters. The summed E-state index contributed by atoms with van der Waals surface area (Å²) in [7, 11) is 0. The van der Waals surface area contributed by atoms with Gasteiger partial charge in [-0.05, 0) is 154 Å². The van der Waals surface area contributed by atoms with Crippen molar-refractivity contribution >= 4 is 38.9 Å². The van der Waals surface area contributed by atoms with E-state index in [1.807, 2.05) is 0 Å². The highest BCUT2D eigenvalue weighted by Gasteiger charge is 2.35. The van der Waals surface area contributed by atoms with E-state index < -0.39 is 0 Å². The molecule has 1 aliphatic carbocycles. The zero-order valence-corrected chi connectivity index (χ0v) is 39.3. The molecule has 1 heterocycles. The van der Waals surface area contributed by atoms with Crippen molar-refractivity contribution < 1.29 is 0 Å². The number of hydrogen-bond acceptors (Lipinski definition) is 1. The van der Waals surface area contributed by atoms with Crippen molar-refractivity contribution in [3.8, 4) is 61.3 Å². The lowest BCUT2D eigenvalue weighted by atomic mass is 9.81. The first-order chi connectivity index (χ1) is 33.2. The second-order valence-corrected chi connectivity index (χ2v) is 19.3. The molecule has 0 fully saturated rings. The maximum absolute atomic E-state index is 2.42. The van der Waals surface area contributed by atoms with Gasteiger partial charge in [-0.25, -0.2) is 0 Å². The first-order valence-electron chi connectivity index (χ1n) is 23.8. The third-order valence-electron chi connectivity index (χ3n) is 14.4. The van der Waals surface area contributed by atoms with Crippen molar-refractivity contribution in [1.29, 1.82) is 0 Å². The number of nitrogens with zero attached hydrogens (tertiary/aromatic N) is 2. The van der Waals surface area contributed by atoms with E-state index in [4.69, 9.17) is 0 Å². The van der Waals surface area contributed by atoms with Crippen LogP contribution in [0.4, 0.5) is 17.1 Å². The van der Waals surface area contributed by atoms with Crippen LogP contribution in [0.25, 0.3) is 83.1 Å². The average molecular weight is 873 g/mol. The quantitative estimate of drug-likeness (QED) is 0.148. The highest BCUT2D eigenvalue weighted by Crippen LogP contribution is 2.50.